The zero-order chi connectivity index (χ0) is 19.6. The SMILES string of the molecule is CCCCCCCCCC(O)CCC1CC2=C(NOCC(=O)O)CC2C1O. The highest BCUT2D eigenvalue weighted by Gasteiger charge is 2.45. The zero-order valence-electron chi connectivity index (χ0n) is 16.7. The van der Waals surface area contributed by atoms with Crippen molar-refractivity contribution in [1.82, 2.24) is 5.48 Å². The summed E-state index contributed by atoms with van der Waals surface area (Å²) in [6, 6.07) is 0. The first kappa shape index (κ1) is 22.2. The Hall–Kier alpha value is -1.11. The monoisotopic (exact) mass is 383 g/mol. The number of unbranched alkanes of at least 4 members (excludes halogenated alkanes) is 6. The van der Waals surface area contributed by atoms with Crippen LogP contribution in [0.1, 0.15) is 84.0 Å². The van der Waals surface area contributed by atoms with E-state index in [0.29, 0.717) is 6.42 Å². The summed E-state index contributed by atoms with van der Waals surface area (Å²) in [4.78, 5) is 15.4. The normalized spacial score (nSPS) is 25.2. The Morgan fingerprint density at radius 3 is 2.56 bits per heavy atom. The number of hydrogen-bond donors (Lipinski definition) is 4. The van der Waals surface area contributed by atoms with Gasteiger partial charge in [0.15, 0.2) is 6.61 Å². The van der Waals surface area contributed by atoms with E-state index in [4.69, 9.17) is 9.94 Å². The number of fused-ring (bicyclic) bond motifs is 1. The highest BCUT2D eigenvalue weighted by molar-refractivity contribution is 5.67. The fraction of sp³-hybridized carbons (Fsp3) is 0.857. The van der Waals surface area contributed by atoms with Crippen LogP contribution in [0, 0.1) is 11.8 Å². The number of aliphatic hydroxyl groups excluding tert-OH is 2. The maximum absolute atomic E-state index is 10.5. The van der Waals surface area contributed by atoms with E-state index in [1.807, 2.05) is 0 Å². The smallest absolute Gasteiger partial charge is 0.332 e. The summed E-state index contributed by atoms with van der Waals surface area (Å²) in [5.74, 6) is -0.651. The van der Waals surface area contributed by atoms with E-state index in [1.54, 1.807) is 0 Å². The number of rotatable bonds is 15. The van der Waals surface area contributed by atoms with Crippen LogP contribution >= 0.6 is 0 Å². The van der Waals surface area contributed by atoms with Crippen molar-refractivity contribution in [1.29, 1.82) is 0 Å². The molecule has 6 heteroatoms. The molecule has 2 rings (SSSR count). The standard InChI is InChI=1S/C21H37NO5/c1-2-3-4-5-6-7-8-9-16(23)11-10-15-12-17-18(21(15)26)13-19(17)22-27-14-20(24)25/h15-16,18,21-23,26H,2-14H2,1H3,(H,24,25). The molecule has 0 aromatic carbocycles. The maximum Gasteiger partial charge on any atom is 0.332 e. The Balaban J connectivity index is 1.58. The van der Waals surface area contributed by atoms with Crippen LogP contribution in [0.4, 0.5) is 0 Å². The van der Waals surface area contributed by atoms with E-state index in [-0.39, 0.29) is 30.7 Å². The number of carboxylic acid groups (broad SMARTS) is 1. The van der Waals surface area contributed by atoms with Crippen LogP contribution in [0.5, 0.6) is 0 Å². The lowest BCUT2D eigenvalue weighted by Gasteiger charge is -2.30. The lowest BCUT2D eigenvalue weighted by molar-refractivity contribution is -0.144. The van der Waals surface area contributed by atoms with Crippen molar-refractivity contribution in [2.45, 2.75) is 96.2 Å². The number of nitrogens with one attached hydrogen (secondary N) is 1. The Morgan fingerprint density at radius 1 is 1.15 bits per heavy atom. The van der Waals surface area contributed by atoms with Gasteiger partial charge in [0.1, 0.15) is 0 Å². The third kappa shape index (κ3) is 7.09. The molecule has 0 amide bonds. The molecule has 0 radical (unpaired) electrons. The van der Waals surface area contributed by atoms with Crippen molar-refractivity contribution in [2.75, 3.05) is 6.61 Å². The molecule has 4 N–H and O–H groups in total. The Kier molecular flexibility index (Phi) is 9.59. The molecule has 27 heavy (non-hydrogen) atoms. The predicted octanol–water partition coefficient (Wildman–Crippen LogP) is 3.53. The minimum atomic E-state index is -1.01. The summed E-state index contributed by atoms with van der Waals surface area (Å²) in [6.45, 7) is 1.85. The Morgan fingerprint density at radius 2 is 1.85 bits per heavy atom. The van der Waals surface area contributed by atoms with Gasteiger partial charge in [-0.1, -0.05) is 51.9 Å². The van der Waals surface area contributed by atoms with Gasteiger partial charge in [-0.25, -0.2) is 4.79 Å². The molecule has 4 unspecified atom stereocenters. The van der Waals surface area contributed by atoms with Crippen molar-refractivity contribution in [3.8, 4) is 0 Å². The molecule has 1 saturated carbocycles. The van der Waals surface area contributed by atoms with Gasteiger partial charge >= 0.3 is 5.97 Å². The fourth-order valence-corrected chi connectivity index (χ4v) is 4.35. The van der Waals surface area contributed by atoms with Crippen molar-refractivity contribution in [3.63, 3.8) is 0 Å². The molecule has 0 spiro atoms. The average molecular weight is 384 g/mol. The topological polar surface area (TPSA) is 99.0 Å². The Bertz CT molecular complexity index is 493. The third-order valence-corrected chi connectivity index (χ3v) is 6.04. The molecule has 156 valence electrons. The number of carboxylic acids is 1. The second-order valence-electron chi connectivity index (χ2n) is 8.19. The lowest BCUT2D eigenvalue weighted by atomic mass is 9.83. The minimum Gasteiger partial charge on any atom is -0.479 e. The third-order valence-electron chi connectivity index (χ3n) is 6.04. The zero-order valence-corrected chi connectivity index (χ0v) is 16.7. The van der Waals surface area contributed by atoms with Gasteiger partial charge < -0.3 is 15.3 Å². The summed E-state index contributed by atoms with van der Waals surface area (Å²) >= 11 is 0. The summed E-state index contributed by atoms with van der Waals surface area (Å²) < 4.78 is 0. The van der Waals surface area contributed by atoms with Crippen LogP contribution in [0.25, 0.3) is 0 Å². The summed E-state index contributed by atoms with van der Waals surface area (Å²) in [7, 11) is 0. The first-order valence-electron chi connectivity index (χ1n) is 10.7. The molecule has 2 aliphatic rings. The number of aliphatic hydroxyl groups is 2. The first-order chi connectivity index (χ1) is 13.0. The van der Waals surface area contributed by atoms with Crippen molar-refractivity contribution in [3.05, 3.63) is 11.3 Å². The van der Waals surface area contributed by atoms with Gasteiger partial charge in [0, 0.05) is 11.6 Å². The molecule has 4 atom stereocenters. The van der Waals surface area contributed by atoms with Crippen LogP contribution in [0.2, 0.25) is 0 Å². The van der Waals surface area contributed by atoms with Crippen LogP contribution in [0.15, 0.2) is 11.3 Å². The second kappa shape index (κ2) is 11.7. The highest BCUT2D eigenvalue weighted by atomic mass is 16.7. The summed E-state index contributed by atoms with van der Waals surface area (Å²) in [6.07, 6.45) is 12.1. The molecular formula is C21H37NO5. The molecule has 0 saturated heterocycles. The van der Waals surface area contributed by atoms with Crippen molar-refractivity contribution >= 4 is 5.97 Å². The van der Waals surface area contributed by atoms with Crippen molar-refractivity contribution in [2.24, 2.45) is 11.8 Å². The number of allylic oxidation sites excluding steroid dienone is 1. The van der Waals surface area contributed by atoms with E-state index < -0.39 is 5.97 Å². The lowest BCUT2D eigenvalue weighted by Crippen LogP contribution is -2.32. The molecule has 0 aromatic rings. The van der Waals surface area contributed by atoms with Gasteiger partial charge in [-0.2, -0.15) is 0 Å². The molecule has 6 nitrogen and oxygen atoms in total. The maximum atomic E-state index is 10.5. The average Bonchev–Trinajstić information content (AvgIpc) is 2.86. The molecule has 0 aromatic heterocycles. The second-order valence-corrected chi connectivity index (χ2v) is 8.19. The van der Waals surface area contributed by atoms with E-state index in [2.05, 4.69) is 12.4 Å². The molecule has 0 bridgehead atoms. The van der Waals surface area contributed by atoms with Crippen LogP contribution in [0.3, 0.4) is 0 Å². The van der Waals surface area contributed by atoms with Gasteiger partial charge in [0.2, 0.25) is 0 Å². The fourth-order valence-electron chi connectivity index (χ4n) is 4.35. The quantitative estimate of drug-likeness (QED) is 0.255. The van der Waals surface area contributed by atoms with Crippen LogP contribution < -0.4 is 5.48 Å². The number of hydroxylamine groups is 1. The van der Waals surface area contributed by atoms with E-state index >= 15 is 0 Å². The molecule has 1 fully saturated rings. The number of hydrogen-bond acceptors (Lipinski definition) is 5. The minimum absolute atomic E-state index is 0.172. The molecular weight excluding hydrogens is 346 g/mol. The predicted molar refractivity (Wildman–Crippen MR) is 104 cm³/mol. The Labute approximate surface area is 162 Å². The highest BCUT2D eigenvalue weighted by Crippen LogP contribution is 2.49. The first-order valence-corrected chi connectivity index (χ1v) is 10.7. The molecule has 0 aliphatic heterocycles. The largest absolute Gasteiger partial charge is 0.479 e. The van der Waals surface area contributed by atoms with Gasteiger partial charge in [-0.15, -0.1) is 0 Å². The van der Waals surface area contributed by atoms with Gasteiger partial charge in [0.05, 0.1) is 12.2 Å². The van der Waals surface area contributed by atoms with Crippen LogP contribution in [-0.2, 0) is 9.63 Å². The van der Waals surface area contributed by atoms with Gasteiger partial charge in [-0.3, -0.25) is 10.3 Å². The van der Waals surface area contributed by atoms with E-state index in [1.165, 1.54) is 44.1 Å². The molecule has 0 heterocycles. The molecule has 2 aliphatic carbocycles. The number of carbonyl (C=O) groups is 1. The summed E-state index contributed by atoms with van der Waals surface area (Å²) in [5.41, 5.74) is 4.81. The number of aliphatic carboxylic acids is 1. The van der Waals surface area contributed by atoms with E-state index in [0.717, 1.165) is 37.8 Å². The van der Waals surface area contributed by atoms with Gasteiger partial charge in [-0.05, 0) is 43.6 Å². The summed E-state index contributed by atoms with van der Waals surface area (Å²) in [5, 5.41) is 29.3. The van der Waals surface area contributed by atoms with Crippen molar-refractivity contribution < 1.29 is 25.0 Å². The van der Waals surface area contributed by atoms with E-state index in [9.17, 15) is 15.0 Å². The van der Waals surface area contributed by atoms with Gasteiger partial charge in [0.25, 0.3) is 0 Å². The van der Waals surface area contributed by atoms with Crippen LogP contribution in [-0.4, -0.2) is 40.1 Å².